The highest BCUT2D eigenvalue weighted by atomic mass is 32.2. The molecule has 0 heterocycles. The average molecular weight is 360 g/mol. The molecule has 134 valence electrons. The van der Waals surface area contributed by atoms with Gasteiger partial charge in [-0.3, -0.25) is 9.10 Å². The predicted molar refractivity (Wildman–Crippen MR) is 103 cm³/mol. The number of sulfonamides is 1. The van der Waals surface area contributed by atoms with Crippen molar-refractivity contribution in [3.05, 3.63) is 58.7 Å². The standard InChI is InChI=1S/C19H24N2O3S/c1-6-15-10-7-9-13(2)18(15)20-19(22)16-11-8-12-17(14(16)3)21(4)25(5,23)24/h7-12H,6H2,1-5H3,(H,20,22). The molecule has 0 saturated carbocycles. The van der Waals surface area contributed by atoms with Crippen LogP contribution in [0.2, 0.25) is 0 Å². The van der Waals surface area contributed by atoms with Crippen LogP contribution in [0.5, 0.6) is 0 Å². The van der Waals surface area contributed by atoms with Crippen molar-refractivity contribution < 1.29 is 13.2 Å². The molecule has 0 aliphatic carbocycles. The Hall–Kier alpha value is -2.34. The van der Waals surface area contributed by atoms with Gasteiger partial charge in [0, 0.05) is 18.3 Å². The van der Waals surface area contributed by atoms with E-state index in [9.17, 15) is 13.2 Å². The maximum atomic E-state index is 12.8. The Labute approximate surface area is 149 Å². The molecule has 0 aliphatic heterocycles. The Morgan fingerprint density at radius 3 is 2.36 bits per heavy atom. The van der Waals surface area contributed by atoms with E-state index in [4.69, 9.17) is 0 Å². The van der Waals surface area contributed by atoms with Crippen LogP contribution in [0.3, 0.4) is 0 Å². The molecule has 0 radical (unpaired) electrons. The lowest BCUT2D eigenvalue weighted by atomic mass is 10.0. The first-order valence-corrected chi connectivity index (χ1v) is 9.95. The lowest BCUT2D eigenvalue weighted by molar-refractivity contribution is 0.102. The molecule has 0 fully saturated rings. The molecule has 0 atom stereocenters. The number of benzene rings is 2. The minimum Gasteiger partial charge on any atom is -0.321 e. The van der Waals surface area contributed by atoms with E-state index < -0.39 is 10.0 Å². The number of anilines is 2. The Balaban J connectivity index is 2.42. The molecule has 25 heavy (non-hydrogen) atoms. The molecule has 2 aromatic rings. The molecule has 0 unspecified atom stereocenters. The number of hydrogen-bond acceptors (Lipinski definition) is 3. The van der Waals surface area contributed by atoms with Crippen molar-refractivity contribution in [2.75, 3.05) is 22.9 Å². The number of carbonyl (C=O) groups excluding carboxylic acids is 1. The third kappa shape index (κ3) is 4.02. The fourth-order valence-electron chi connectivity index (χ4n) is 2.77. The van der Waals surface area contributed by atoms with Gasteiger partial charge in [-0.25, -0.2) is 8.42 Å². The van der Waals surface area contributed by atoms with Gasteiger partial charge in [-0.1, -0.05) is 31.2 Å². The van der Waals surface area contributed by atoms with E-state index in [1.54, 1.807) is 25.1 Å². The Bertz CT molecular complexity index is 905. The molecule has 1 N–H and O–H groups in total. The molecule has 0 spiro atoms. The van der Waals surface area contributed by atoms with Crippen molar-refractivity contribution in [1.82, 2.24) is 0 Å². The molecule has 2 rings (SSSR count). The highest BCUT2D eigenvalue weighted by Gasteiger charge is 2.19. The van der Waals surface area contributed by atoms with Gasteiger partial charge in [-0.15, -0.1) is 0 Å². The average Bonchev–Trinajstić information content (AvgIpc) is 2.55. The van der Waals surface area contributed by atoms with E-state index in [-0.39, 0.29) is 5.91 Å². The third-order valence-electron chi connectivity index (χ3n) is 4.37. The van der Waals surface area contributed by atoms with E-state index in [1.165, 1.54) is 11.4 Å². The zero-order valence-electron chi connectivity index (χ0n) is 15.3. The summed E-state index contributed by atoms with van der Waals surface area (Å²) in [6.07, 6.45) is 1.95. The van der Waals surface area contributed by atoms with Gasteiger partial charge in [-0.05, 0) is 49.1 Å². The van der Waals surface area contributed by atoms with Crippen LogP contribution in [0.25, 0.3) is 0 Å². The summed E-state index contributed by atoms with van der Waals surface area (Å²) in [4.78, 5) is 12.8. The summed E-state index contributed by atoms with van der Waals surface area (Å²) in [5.41, 5.74) is 4.45. The molecule has 0 bridgehead atoms. The van der Waals surface area contributed by atoms with Crippen LogP contribution in [0.1, 0.15) is 34.0 Å². The van der Waals surface area contributed by atoms with Gasteiger partial charge in [0.1, 0.15) is 0 Å². The van der Waals surface area contributed by atoms with Crippen molar-refractivity contribution in [1.29, 1.82) is 0 Å². The van der Waals surface area contributed by atoms with E-state index in [1.807, 2.05) is 32.0 Å². The minimum atomic E-state index is -3.40. The summed E-state index contributed by atoms with van der Waals surface area (Å²) in [5.74, 6) is -0.245. The lowest BCUT2D eigenvalue weighted by Crippen LogP contribution is -2.26. The predicted octanol–water partition coefficient (Wildman–Crippen LogP) is 3.51. The van der Waals surface area contributed by atoms with Crippen LogP contribution in [0.4, 0.5) is 11.4 Å². The normalized spacial score (nSPS) is 11.2. The lowest BCUT2D eigenvalue weighted by Gasteiger charge is -2.21. The van der Waals surface area contributed by atoms with Crippen LogP contribution in [0, 0.1) is 13.8 Å². The van der Waals surface area contributed by atoms with Gasteiger partial charge < -0.3 is 5.32 Å². The molecular formula is C19H24N2O3S. The second-order valence-corrected chi connectivity index (χ2v) is 8.11. The molecule has 5 nitrogen and oxygen atoms in total. The maximum Gasteiger partial charge on any atom is 0.256 e. The number of nitrogens with one attached hydrogen (secondary N) is 1. The van der Waals surface area contributed by atoms with Gasteiger partial charge in [0.2, 0.25) is 10.0 Å². The Morgan fingerprint density at radius 1 is 1.12 bits per heavy atom. The fraction of sp³-hybridized carbons (Fsp3) is 0.316. The maximum absolute atomic E-state index is 12.8. The van der Waals surface area contributed by atoms with Crippen molar-refractivity contribution >= 4 is 27.3 Å². The second-order valence-electron chi connectivity index (χ2n) is 6.10. The highest BCUT2D eigenvalue weighted by Crippen LogP contribution is 2.26. The SMILES string of the molecule is CCc1cccc(C)c1NC(=O)c1cccc(N(C)S(C)(=O)=O)c1C. The topological polar surface area (TPSA) is 66.5 Å². The molecule has 0 aliphatic rings. The molecule has 0 saturated heterocycles. The molecule has 2 aromatic carbocycles. The van der Waals surface area contributed by atoms with Crippen molar-refractivity contribution in [2.24, 2.45) is 0 Å². The molecule has 0 aromatic heterocycles. The monoisotopic (exact) mass is 360 g/mol. The first-order valence-electron chi connectivity index (χ1n) is 8.10. The number of nitrogens with zero attached hydrogens (tertiary/aromatic N) is 1. The highest BCUT2D eigenvalue weighted by molar-refractivity contribution is 7.92. The van der Waals surface area contributed by atoms with Gasteiger partial charge >= 0.3 is 0 Å². The Kier molecular flexibility index (Phi) is 5.52. The Morgan fingerprint density at radius 2 is 1.76 bits per heavy atom. The van der Waals surface area contributed by atoms with Gasteiger partial charge in [0.25, 0.3) is 5.91 Å². The minimum absolute atomic E-state index is 0.245. The zero-order valence-corrected chi connectivity index (χ0v) is 16.1. The number of hydrogen-bond donors (Lipinski definition) is 1. The van der Waals surface area contributed by atoms with Crippen LogP contribution in [-0.4, -0.2) is 27.6 Å². The number of carbonyl (C=O) groups is 1. The number of amides is 1. The first-order chi connectivity index (χ1) is 11.7. The van der Waals surface area contributed by atoms with Crippen LogP contribution >= 0.6 is 0 Å². The van der Waals surface area contributed by atoms with Gasteiger partial charge in [-0.2, -0.15) is 0 Å². The number of para-hydroxylation sites is 1. The van der Waals surface area contributed by atoms with Crippen molar-refractivity contribution in [3.8, 4) is 0 Å². The summed E-state index contributed by atoms with van der Waals surface area (Å²) >= 11 is 0. The number of rotatable bonds is 5. The third-order valence-corrected chi connectivity index (χ3v) is 5.56. The largest absolute Gasteiger partial charge is 0.321 e. The van der Waals surface area contributed by atoms with Crippen molar-refractivity contribution in [2.45, 2.75) is 27.2 Å². The quantitative estimate of drug-likeness (QED) is 0.887. The van der Waals surface area contributed by atoms with Crippen LogP contribution in [-0.2, 0) is 16.4 Å². The second kappa shape index (κ2) is 7.27. The van der Waals surface area contributed by atoms with E-state index in [0.717, 1.165) is 29.5 Å². The zero-order chi connectivity index (χ0) is 18.8. The number of aryl methyl sites for hydroxylation is 2. The summed E-state index contributed by atoms with van der Waals surface area (Å²) < 4.78 is 24.8. The van der Waals surface area contributed by atoms with Crippen LogP contribution in [0.15, 0.2) is 36.4 Å². The summed E-state index contributed by atoms with van der Waals surface area (Å²) in [5, 5.41) is 2.98. The van der Waals surface area contributed by atoms with E-state index >= 15 is 0 Å². The fourth-order valence-corrected chi connectivity index (χ4v) is 3.33. The first kappa shape index (κ1) is 19.0. The van der Waals surface area contributed by atoms with E-state index in [0.29, 0.717) is 16.8 Å². The molecule has 1 amide bonds. The van der Waals surface area contributed by atoms with E-state index in [2.05, 4.69) is 5.32 Å². The summed E-state index contributed by atoms with van der Waals surface area (Å²) in [6, 6.07) is 11.0. The van der Waals surface area contributed by atoms with Gasteiger partial charge in [0.05, 0.1) is 11.9 Å². The van der Waals surface area contributed by atoms with Gasteiger partial charge in [0.15, 0.2) is 0 Å². The van der Waals surface area contributed by atoms with Crippen LogP contribution < -0.4 is 9.62 Å². The molecule has 6 heteroatoms. The summed E-state index contributed by atoms with van der Waals surface area (Å²) in [7, 11) is -1.91. The molecular weight excluding hydrogens is 336 g/mol. The smallest absolute Gasteiger partial charge is 0.256 e. The summed E-state index contributed by atoms with van der Waals surface area (Å²) in [6.45, 7) is 5.75. The van der Waals surface area contributed by atoms with Crippen molar-refractivity contribution in [3.63, 3.8) is 0 Å².